The maximum Gasteiger partial charge on any atom is 0.224 e. The van der Waals surface area contributed by atoms with Crippen molar-refractivity contribution in [1.29, 1.82) is 0 Å². The third-order valence-electron chi connectivity index (χ3n) is 3.84. The van der Waals surface area contributed by atoms with Gasteiger partial charge < -0.3 is 15.4 Å². The standard InChI is InChI=1S/C15H22N2O2.ClH/c1-19-8-7-15(18)17-10-13(9-16)14(11-17)12-5-3-2-4-6-12;/h2-6,13-14H,7-11,16H2,1H3;1H/t13-,14+;/m1./s1. The van der Waals surface area contributed by atoms with Crippen molar-refractivity contribution in [1.82, 2.24) is 4.90 Å². The van der Waals surface area contributed by atoms with Crippen molar-refractivity contribution in [2.45, 2.75) is 12.3 Å². The van der Waals surface area contributed by atoms with Crippen molar-refractivity contribution < 1.29 is 9.53 Å². The van der Waals surface area contributed by atoms with Crippen LogP contribution in [-0.4, -0.2) is 44.2 Å². The average Bonchev–Trinajstić information content (AvgIpc) is 2.90. The molecule has 2 N–H and O–H groups in total. The average molecular weight is 299 g/mol. The van der Waals surface area contributed by atoms with Crippen molar-refractivity contribution >= 4 is 18.3 Å². The van der Waals surface area contributed by atoms with Gasteiger partial charge in [0.2, 0.25) is 5.91 Å². The number of halogens is 1. The third kappa shape index (κ3) is 3.95. The van der Waals surface area contributed by atoms with E-state index in [1.807, 2.05) is 23.1 Å². The zero-order valence-electron chi connectivity index (χ0n) is 11.8. The normalized spacial score (nSPS) is 21.6. The Morgan fingerprint density at radius 1 is 1.35 bits per heavy atom. The Hall–Kier alpha value is -1.10. The summed E-state index contributed by atoms with van der Waals surface area (Å²) >= 11 is 0. The summed E-state index contributed by atoms with van der Waals surface area (Å²) in [6, 6.07) is 10.3. The molecule has 1 fully saturated rings. The smallest absolute Gasteiger partial charge is 0.224 e. The number of hydrogen-bond donors (Lipinski definition) is 1. The summed E-state index contributed by atoms with van der Waals surface area (Å²) in [6.45, 7) is 2.64. The van der Waals surface area contributed by atoms with Crippen molar-refractivity contribution in [2.75, 3.05) is 33.4 Å². The van der Waals surface area contributed by atoms with Crippen LogP contribution < -0.4 is 5.73 Å². The molecular weight excluding hydrogens is 276 g/mol. The van der Waals surface area contributed by atoms with Crippen LogP contribution in [0, 0.1) is 5.92 Å². The fourth-order valence-electron chi connectivity index (χ4n) is 2.74. The van der Waals surface area contributed by atoms with Crippen molar-refractivity contribution in [3.63, 3.8) is 0 Å². The first kappa shape index (κ1) is 17.0. The molecule has 4 nitrogen and oxygen atoms in total. The molecule has 1 saturated heterocycles. The molecule has 0 aromatic heterocycles. The lowest BCUT2D eigenvalue weighted by atomic mass is 9.89. The highest BCUT2D eigenvalue weighted by Crippen LogP contribution is 2.32. The van der Waals surface area contributed by atoms with Crippen LogP contribution in [0.25, 0.3) is 0 Å². The van der Waals surface area contributed by atoms with Crippen LogP contribution in [0.4, 0.5) is 0 Å². The van der Waals surface area contributed by atoms with Crippen molar-refractivity contribution in [2.24, 2.45) is 11.7 Å². The second kappa shape index (κ2) is 8.25. The second-order valence-corrected chi connectivity index (χ2v) is 5.05. The van der Waals surface area contributed by atoms with Crippen LogP contribution in [0.5, 0.6) is 0 Å². The predicted molar refractivity (Wildman–Crippen MR) is 82.0 cm³/mol. The van der Waals surface area contributed by atoms with Gasteiger partial charge in [-0.05, 0) is 18.0 Å². The van der Waals surface area contributed by atoms with E-state index < -0.39 is 0 Å². The molecule has 2 atom stereocenters. The SMILES string of the molecule is COCCC(=O)N1C[C@@H](CN)[C@H](c2ccccc2)C1.Cl. The Morgan fingerprint density at radius 2 is 2.05 bits per heavy atom. The monoisotopic (exact) mass is 298 g/mol. The minimum Gasteiger partial charge on any atom is -0.384 e. The molecule has 2 rings (SSSR count). The molecule has 112 valence electrons. The number of nitrogens with zero attached hydrogens (tertiary/aromatic N) is 1. The molecule has 1 aromatic rings. The van der Waals surface area contributed by atoms with E-state index in [0.29, 0.717) is 31.4 Å². The molecule has 1 aliphatic heterocycles. The molecule has 0 bridgehead atoms. The minimum absolute atomic E-state index is 0. The minimum atomic E-state index is 0. The van der Waals surface area contributed by atoms with Gasteiger partial charge >= 0.3 is 0 Å². The van der Waals surface area contributed by atoms with Gasteiger partial charge in [-0.15, -0.1) is 12.4 Å². The molecule has 1 aromatic carbocycles. The van der Waals surface area contributed by atoms with E-state index >= 15 is 0 Å². The number of likely N-dealkylation sites (tertiary alicyclic amines) is 1. The summed E-state index contributed by atoms with van der Waals surface area (Å²) < 4.78 is 4.96. The fraction of sp³-hybridized carbons (Fsp3) is 0.533. The molecule has 1 aliphatic rings. The summed E-state index contributed by atoms with van der Waals surface area (Å²) in [5, 5.41) is 0. The highest BCUT2D eigenvalue weighted by atomic mass is 35.5. The highest BCUT2D eigenvalue weighted by Gasteiger charge is 2.34. The number of hydrogen-bond acceptors (Lipinski definition) is 3. The molecule has 20 heavy (non-hydrogen) atoms. The molecule has 0 radical (unpaired) electrons. The van der Waals surface area contributed by atoms with Crippen LogP contribution in [-0.2, 0) is 9.53 Å². The summed E-state index contributed by atoms with van der Waals surface area (Å²) in [5.74, 6) is 0.880. The highest BCUT2D eigenvalue weighted by molar-refractivity contribution is 5.85. The van der Waals surface area contributed by atoms with E-state index in [9.17, 15) is 4.79 Å². The topological polar surface area (TPSA) is 55.6 Å². The van der Waals surface area contributed by atoms with Gasteiger partial charge in [-0.25, -0.2) is 0 Å². The van der Waals surface area contributed by atoms with E-state index in [2.05, 4.69) is 12.1 Å². The molecular formula is C15H23ClN2O2. The molecule has 5 heteroatoms. The van der Waals surface area contributed by atoms with Gasteiger partial charge in [0.15, 0.2) is 0 Å². The van der Waals surface area contributed by atoms with E-state index in [4.69, 9.17) is 10.5 Å². The van der Waals surface area contributed by atoms with E-state index in [0.717, 1.165) is 13.1 Å². The zero-order valence-corrected chi connectivity index (χ0v) is 12.6. The zero-order chi connectivity index (χ0) is 13.7. The van der Waals surface area contributed by atoms with Gasteiger partial charge in [0.25, 0.3) is 0 Å². The second-order valence-electron chi connectivity index (χ2n) is 5.05. The number of carbonyl (C=O) groups is 1. The summed E-state index contributed by atoms with van der Waals surface area (Å²) in [5.41, 5.74) is 7.14. The number of benzene rings is 1. The lowest BCUT2D eigenvalue weighted by Crippen LogP contribution is -2.30. The number of amides is 1. The molecule has 0 spiro atoms. The maximum atomic E-state index is 12.0. The van der Waals surface area contributed by atoms with Crippen molar-refractivity contribution in [3.05, 3.63) is 35.9 Å². The third-order valence-corrected chi connectivity index (χ3v) is 3.84. The van der Waals surface area contributed by atoms with Crippen LogP contribution >= 0.6 is 12.4 Å². The predicted octanol–water partition coefficient (Wildman–Crippen LogP) is 1.65. The summed E-state index contributed by atoms with van der Waals surface area (Å²) in [6.07, 6.45) is 0.454. The van der Waals surface area contributed by atoms with Crippen LogP contribution in [0.15, 0.2) is 30.3 Å². The molecule has 0 saturated carbocycles. The molecule has 0 unspecified atom stereocenters. The Labute approximate surface area is 126 Å². The molecule has 1 heterocycles. The first-order valence-corrected chi connectivity index (χ1v) is 6.78. The summed E-state index contributed by atoms with van der Waals surface area (Å²) in [4.78, 5) is 14.0. The number of ether oxygens (including phenoxy) is 1. The lowest BCUT2D eigenvalue weighted by molar-refractivity contribution is -0.131. The van der Waals surface area contributed by atoms with E-state index in [1.54, 1.807) is 7.11 Å². The number of rotatable bonds is 5. The van der Waals surface area contributed by atoms with Crippen LogP contribution in [0.2, 0.25) is 0 Å². The Balaban J connectivity index is 0.00000200. The van der Waals surface area contributed by atoms with E-state index in [-0.39, 0.29) is 18.3 Å². The van der Waals surface area contributed by atoms with Gasteiger partial charge in [-0.1, -0.05) is 30.3 Å². The van der Waals surface area contributed by atoms with Gasteiger partial charge in [0, 0.05) is 26.1 Å². The van der Waals surface area contributed by atoms with Gasteiger partial charge in [0.05, 0.1) is 13.0 Å². The Bertz CT molecular complexity index is 414. The largest absolute Gasteiger partial charge is 0.384 e. The Kier molecular flexibility index (Phi) is 6.99. The molecule has 1 amide bonds. The molecule has 0 aliphatic carbocycles. The van der Waals surface area contributed by atoms with E-state index in [1.165, 1.54) is 5.56 Å². The quantitative estimate of drug-likeness (QED) is 0.899. The van der Waals surface area contributed by atoms with Gasteiger partial charge in [0.1, 0.15) is 0 Å². The number of carbonyl (C=O) groups excluding carboxylic acids is 1. The van der Waals surface area contributed by atoms with Crippen LogP contribution in [0.3, 0.4) is 0 Å². The van der Waals surface area contributed by atoms with Gasteiger partial charge in [-0.3, -0.25) is 4.79 Å². The van der Waals surface area contributed by atoms with Crippen molar-refractivity contribution in [3.8, 4) is 0 Å². The Morgan fingerprint density at radius 3 is 2.65 bits per heavy atom. The maximum absolute atomic E-state index is 12.0. The van der Waals surface area contributed by atoms with Gasteiger partial charge in [-0.2, -0.15) is 0 Å². The first-order valence-electron chi connectivity index (χ1n) is 6.78. The number of nitrogens with two attached hydrogens (primary N) is 1. The lowest BCUT2D eigenvalue weighted by Gasteiger charge is -2.16. The first-order chi connectivity index (χ1) is 9.26. The van der Waals surface area contributed by atoms with Crippen LogP contribution in [0.1, 0.15) is 17.9 Å². The summed E-state index contributed by atoms with van der Waals surface area (Å²) in [7, 11) is 1.62. The fourth-order valence-corrected chi connectivity index (χ4v) is 2.74. The number of methoxy groups -OCH3 is 1.